The van der Waals surface area contributed by atoms with Gasteiger partial charge in [-0.1, -0.05) is 6.92 Å². The van der Waals surface area contributed by atoms with Crippen LogP contribution in [0.4, 0.5) is 0 Å². The zero-order valence-corrected chi connectivity index (χ0v) is 12.8. The van der Waals surface area contributed by atoms with Gasteiger partial charge in [-0.05, 0) is 25.7 Å². The fourth-order valence-corrected chi connectivity index (χ4v) is 4.41. The van der Waals surface area contributed by atoms with E-state index in [1.54, 1.807) is 18.3 Å². The predicted molar refractivity (Wildman–Crippen MR) is 77.1 cm³/mol. The Morgan fingerprint density at radius 3 is 2.63 bits per heavy atom. The minimum atomic E-state index is -2.97. The molecular formula is C13H20N2O2S2. The summed E-state index contributed by atoms with van der Waals surface area (Å²) in [6, 6.07) is 0.678. The average Bonchev–Trinajstić information content (AvgIpc) is 3.26. The van der Waals surface area contributed by atoms with E-state index in [1.807, 2.05) is 0 Å². The van der Waals surface area contributed by atoms with Crippen LogP contribution in [0.25, 0.3) is 0 Å². The number of aromatic nitrogens is 1. The fourth-order valence-electron chi connectivity index (χ4n) is 2.09. The summed E-state index contributed by atoms with van der Waals surface area (Å²) in [5.74, 6) is 0.892. The number of nitrogens with zero attached hydrogens (tertiary/aromatic N) is 1. The Bertz CT molecular complexity index is 557. The van der Waals surface area contributed by atoms with Gasteiger partial charge in [-0.2, -0.15) is 0 Å². The third kappa shape index (κ3) is 3.55. The molecule has 19 heavy (non-hydrogen) atoms. The Hall–Kier alpha value is -0.460. The normalized spacial score (nSPS) is 19.8. The Balaban J connectivity index is 1.75. The van der Waals surface area contributed by atoms with Crippen LogP contribution in [-0.4, -0.2) is 25.2 Å². The summed E-state index contributed by atoms with van der Waals surface area (Å²) in [5, 5.41) is 4.28. The zero-order valence-electron chi connectivity index (χ0n) is 11.2. The molecule has 0 spiro atoms. The second kappa shape index (κ2) is 5.14. The van der Waals surface area contributed by atoms with Crippen LogP contribution in [0.1, 0.15) is 54.1 Å². The maximum Gasteiger partial charge on any atom is 0.156 e. The predicted octanol–water partition coefficient (Wildman–Crippen LogP) is 2.21. The molecule has 0 aliphatic heterocycles. The van der Waals surface area contributed by atoms with Gasteiger partial charge in [0.25, 0.3) is 0 Å². The summed E-state index contributed by atoms with van der Waals surface area (Å²) in [6.45, 7) is 2.56. The fraction of sp³-hybridized carbons (Fsp3) is 0.769. The first kappa shape index (κ1) is 13.5. The number of rotatable bonds is 7. The highest BCUT2D eigenvalue weighted by atomic mass is 32.2. The molecule has 0 bridgehead atoms. The lowest BCUT2D eigenvalue weighted by atomic mass is 10.2. The Morgan fingerprint density at radius 1 is 1.32 bits per heavy atom. The molecule has 4 nitrogen and oxygen atoms in total. The lowest BCUT2D eigenvalue weighted by Gasteiger charge is -2.01. The van der Waals surface area contributed by atoms with E-state index in [4.69, 9.17) is 0 Å². The van der Waals surface area contributed by atoms with Crippen molar-refractivity contribution in [2.24, 2.45) is 0 Å². The van der Waals surface area contributed by atoms with Crippen LogP contribution in [0.3, 0.4) is 0 Å². The number of sulfone groups is 1. The summed E-state index contributed by atoms with van der Waals surface area (Å²) >= 11 is 1.59. The van der Waals surface area contributed by atoms with E-state index in [0.29, 0.717) is 12.0 Å². The topological polar surface area (TPSA) is 59.1 Å². The van der Waals surface area contributed by atoms with E-state index in [9.17, 15) is 8.42 Å². The number of hydrogen-bond donors (Lipinski definition) is 1. The standard InChI is InChI=1S/C13H20N2O2S2/c1-2-19(16,17)8-12-15-13(9-3-4-9)11(18-12)7-14-10-5-6-10/h9-10,14H,2-8H2,1H3. The first-order valence-corrected chi connectivity index (χ1v) is 9.63. The van der Waals surface area contributed by atoms with Crippen LogP contribution in [-0.2, 0) is 22.1 Å². The second-order valence-electron chi connectivity index (χ2n) is 5.52. The summed E-state index contributed by atoms with van der Waals surface area (Å²) in [7, 11) is -2.97. The number of hydrogen-bond acceptors (Lipinski definition) is 5. The molecule has 0 amide bonds. The van der Waals surface area contributed by atoms with Crippen molar-refractivity contribution in [2.45, 2.75) is 56.9 Å². The molecule has 1 heterocycles. The van der Waals surface area contributed by atoms with Crippen molar-refractivity contribution in [3.05, 3.63) is 15.6 Å². The minimum Gasteiger partial charge on any atom is -0.309 e. The van der Waals surface area contributed by atoms with Gasteiger partial charge in [0.1, 0.15) is 10.8 Å². The van der Waals surface area contributed by atoms with Gasteiger partial charge in [0, 0.05) is 29.1 Å². The maximum atomic E-state index is 11.7. The molecule has 2 aliphatic rings. The number of thiazole rings is 1. The highest BCUT2D eigenvalue weighted by Gasteiger charge is 2.31. The minimum absolute atomic E-state index is 0.108. The first-order valence-electron chi connectivity index (χ1n) is 6.99. The lowest BCUT2D eigenvalue weighted by Crippen LogP contribution is -2.15. The molecule has 0 radical (unpaired) electrons. The highest BCUT2D eigenvalue weighted by Crippen LogP contribution is 2.43. The van der Waals surface area contributed by atoms with Crippen molar-refractivity contribution in [3.63, 3.8) is 0 Å². The van der Waals surface area contributed by atoms with Gasteiger partial charge in [0.2, 0.25) is 0 Å². The van der Waals surface area contributed by atoms with Gasteiger partial charge in [0.15, 0.2) is 9.84 Å². The first-order chi connectivity index (χ1) is 9.07. The molecule has 0 saturated heterocycles. The zero-order chi connectivity index (χ0) is 13.5. The number of nitrogens with one attached hydrogen (secondary N) is 1. The quantitative estimate of drug-likeness (QED) is 0.839. The molecule has 6 heteroatoms. The van der Waals surface area contributed by atoms with Gasteiger partial charge in [0.05, 0.1) is 5.69 Å². The highest BCUT2D eigenvalue weighted by molar-refractivity contribution is 7.90. The van der Waals surface area contributed by atoms with Gasteiger partial charge < -0.3 is 5.32 Å². The van der Waals surface area contributed by atoms with Crippen molar-refractivity contribution in [3.8, 4) is 0 Å². The SMILES string of the molecule is CCS(=O)(=O)Cc1nc(C2CC2)c(CNC2CC2)s1. The molecule has 3 rings (SSSR count). The maximum absolute atomic E-state index is 11.7. The lowest BCUT2D eigenvalue weighted by molar-refractivity contribution is 0.596. The Labute approximate surface area is 118 Å². The molecule has 1 aromatic rings. The van der Waals surface area contributed by atoms with E-state index in [-0.39, 0.29) is 11.5 Å². The summed E-state index contributed by atoms with van der Waals surface area (Å²) in [6.07, 6.45) is 4.96. The van der Waals surface area contributed by atoms with Crippen molar-refractivity contribution in [1.29, 1.82) is 0 Å². The van der Waals surface area contributed by atoms with Gasteiger partial charge in [-0.15, -0.1) is 11.3 Å². The van der Waals surface area contributed by atoms with Crippen molar-refractivity contribution >= 4 is 21.2 Å². The van der Waals surface area contributed by atoms with E-state index >= 15 is 0 Å². The molecule has 0 unspecified atom stereocenters. The molecule has 2 saturated carbocycles. The third-order valence-electron chi connectivity index (χ3n) is 3.65. The molecule has 2 aliphatic carbocycles. The van der Waals surface area contributed by atoms with E-state index < -0.39 is 9.84 Å². The third-order valence-corrected chi connectivity index (χ3v) is 6.49. The van der Waals surface area contributed by atoms with Crippen molar-refractivity contribution in [2.75, 3.05) is 5.75 Å². The van der Waals surface area contributed by atoms with Crippen LogP contribution in [0.5, 0.6) is 0 Å². The second-order valence-corrected chi connectivity index (χ2v) is 9.04. The van der Waals surface area contributed by atoms with Crippen molar-refractivity contribution < 1.29 is 8.42 Å². The van der Waals surface area contributed by atoms with Gasteiger partial charge in [-0.3, -0.25) is 0 Å². The van der Waals surface area contributed by atoms with Crippen LogP contribution >= 0.6 is 11.3 Å². The van der Waals surface area contributed by atoms with Crippen LogP contribution in [0.2, 0.25) is 0 Å². The summed E-state index contributed by atoms with van der Waals surface area (Å²) in [4.78, 5) is 5.86. The molecule has 2 fully saturated rings. The smallest absolute Gasteiger partial charge is 0.156 e. The van der Waals surface area contributed by atoms with E-state index in [2.05, 4.69) is 10.3 Å². The Kier molecular flexibility index (Phi) is 3.66. The molecule has 0 atom stereocenters. The monoisotopic (exact) mass is 300 g/mol. The van der Waals surface area contributed by atoms with Crippen molar-refractivity contribution in [1.82, 2.24) is 10.3 Å². The van der Waals surface area contributed by atoms with Crippen LogP contribution < -0.4 is 5.32 Å². The largest absolute Gasteiger partial charge is 0.309 e. The molecule has 0 aromatic carbocycles. The van der Waals surface area contributed by atoms with Crippen LogP contribution in [0, 0.1) is 0 Å². The Morgan fingerprint density at radius 2 is 2.05 bits per heavy atom. The van der Waals surface area contributed by atoms with Crippen LogP contribution in [0.15, 0.2) is 0 Å². The summed E-state index contributed by atoms with van der Waals surface area (Å²) < 4.78 is 23.4. The average molecular weight is 300 g/mol. The molecule has 106 valence electrons. The molecular weight excluding hydrogens is 280 g/mol. The van der Waals surface area contributed by atoms with Gasteiger partial charge >= 0.3 is 0 Å². The van der Waals surface area contributed by atoms with E-state index in [1.165, 1.54) is 36.3 Å². The van der Waals surface area contributed by atoms with Gasteiger partial charge in [-0.25, -0.2) is 13.4 Å². The van der Waals surface area contributed by atoms with E-state index in [0.717, 1.165) is 11.6 Å². The summed E-state index contributed by atoms with van der Waals surface area (Å²) in [5.41, 5.74) is 1.17. The molecule has 1 aromatic heterocycles. The molecule has 1 N–H and O–H groups in total.